The van der Waals surface area contributed by atoms with Crippen molar-refractivity contribution in [3.63, 3.8) is 0 Å². The molecular formula is C20H18N4O. The van der Waals surface area contributed by atoms with E-state index in [9.17, 15) is 0 Å². The van der Waals surface area contributed by atoms with Crippen molar-refractivity contribution in [2.45, 2.75) is 13.5 Å². The lowest BCUT2D eigenvalue weighted by molar-refractivity contribution is 0.306. The minimum absolute atomic E-state index is 0.560. The number of rotatable bonds is 5. The van der Waals surface area contributed by atoms with Crippen LogP contribution in [0.3, 0.4) is 0 Å². The van der Waals surface area contributed by atoms with Crippen LogP contribution in [0.2, 0.25) is 0 Å². The van der Waals surface area contributed by atoms with E-state index < -0.39 is 0 Å². The third kappa shape index (κ3) is 3.45. The highest BCUT2D eigenvalue weighted by molar-refractivity contribution is 5.77. The van der Waals surface area contributed by atoms with Gasteiger partial charge in [-0.1, -0.05) is 30.3 Å². The van der Waals surface area contributed by atoms with Crippen LogP contribution >= 0.6 is 0 Å². The molecule has 0 saturated heterocycles. The number of aryl methyl sites for hydroxylation is 1. The predicted octanol–water partition coefficient (Wildman–Crippen LogP) is 4.59. The molecule has 2 N–H and O–H groups in total. The van der Waals surface area contributed by atoms with Crippen molar-refractivity contribution < 1.29 is 4.74 Å². The Morgan fingerprint density at radius 3 is 2.76 bits per heavy atom. The fourth-order valence-corrected chi connectivity index (χ4v) is 2.65. The molecule has 0 amide bonds. The Labute approximate surface area is 145 Å². The van der Waals surface area contributed by atoms with Crippen LogP contribution in [0.25, 0.3) is 11.0 Å². The normalized spacial score (nSPS) is 10.8. The summed E-state index contributed by atoms with van der Waals surface area (Å²) in [6, 6.07) is 18.1. The summed E-state index contributed by atoms with van der Waals surface area (Å²) in [5.41, 5.74) is 5.05. The number of pyridine rings is 1. The highest BCUT2D eigenvalue weighted by atomic mass is 16.5. The lowest BCUT2D eigenvalue weighted by atomic mass is 10.2. The van der Waals surface area contributed by atoms with E-state index in [0.29, 0.717) is 6.61 Å². The van der Waals surface area contributed by atoms with Crippen LogP contribution in [0.5, 0.6) is 5.75 Å². The zero-order chi connectivity index (χ0) is 17.1. The van der Waals surface area contributed by atoms with Crippen molar-refractivity contribution in [2.24, 2.45) is 0 Å². The molecule has 0 spiro atoms. The minimum atomic E-state index is 0.560. The van der Waals surface area contributed by atoms with Crippen molar-refractivity contribution in [3.05, 3.63) is 78.2 Å². The molecule has 0 aliphatic carbocycles. The number of hydrogen-bond acceptors (Lipinski definition) is 4. The van der Waals surface area contributed by atoms with Gasteiger partial charge < -0.3 is 15.0 Å². The van der Waals surface area contributed by atoms with Crippen LogP contribution < -0.4 is 10.1 Å². The Bertz CT molecular complexity index is 995. The van der Waals surface area contributed by atoms with E-state index >= 15 is 0 Å². The van der Waals surface area contributed by atoms with E-state index in [4.69, 9.17) is 4.74 Å². The molecule has 2 aromatic carbocycles. The molecule has 0 fully saturated rings. The van der Waals surface area contributed by atoms with E-state index in [-0.39, 0.29) is 0 Å². The van der Waals surface area contributed by atoms with Gasteiger partial charge in [-0.25, -0.2) is 9.97 Å². The monoisotopic (exact) mass is 330 g/mol. The molecule has 0 unspecified atom stereocenters. The van der Waals surface area contributed by atoms with Crippen molar-refractivity contribution >= 4 is 22.5 Å². The lowest BCUT2D eigenvalue weighted by Gasteiger charge is -2.12. The molecule has 124 valence electrons. The maximum atomic E-state index is 5.87. The number of imidazole rings is 1. The number of benzene rings is 2. The summed E-state index contributed by atoms with van der Waals surface area (Å²) >= 11 is 0. The number of aromatic amines is 1. The number of aromatic nitrogens is 3. The van der Waals surface area contributed by atoms with Gasteiger partial charge in [0.1, 0.15) is 18.2 Å². The molecule has 2 heterocycles. The van der Waals surface area contributed by atoms with E-state index in [1.807, 2.05) is 49.4 Å². The molecule has 0 bridgehead atoms. The maximum Gasteiger partial charge on any atom is 0.132 e. The summed E-state index contributed by atoms with van der Waals surface area (Å²) in [4.78, 5) is 11.7. The number of nitrogens with one attached hydrogen (secondary N) is 2. The van der Waals surface area contributed by atoms with Gasteiger partial charge in [0.15, 0.2) is 0 Å². The van der Waals surface area contributed by atoms with E-state index in [0.717, 1.165) is 39.4 Å². The van der Waals surface area contributed by atoms with E-state index in [1.54, 1.807) is 12.5 Å². The molecule has 5 heteroatoms. The Morgan fingerprint density at radius 2 is 1.92 bits per heavy atom. The topological polar surface area (TPSA) is 62.8 Å². The van der Waals surface area contributed by atoms with Gasteiger partial charge in [-0.2, -0.15) is 0 Å². The van der Waals surface area contributed by atoms with Gasteiger partial charge >= 0.3 is 0 Å². The highest BCUT2D eigenvalue weighted by Crippen LogP contribution is 2.25. The second-order valence-corrected chi connectivity index (χ2v) is 5.87. The van der Waals surface area contributed by atoms with Crippen LogP contribution in [0.4, 0.5) is 11.5 Å². The summed E-state index contributed by atoms with van der Waals surface area (Å²) in [6.45, 7) is 2.61. The van der Waals surface area contributed by atoms with Crippen LogP contribution in [0, 0.1) is 6.92 Å². The molecular weight excluding hydrogens is 312 g/mol. The van der Waals surface area contributed by atoms with Crippen molar-refractivity contribution in [3.8, 4) is 5.75 Å². The van der Waals surface area contributed by atoms with Gasteiger partial charge in [-0.3, -0.25) is 0 Å². The van der Waals surface area contributed by atoms with Crippen molar-refractivity contribution in [2.75, 3.05) is 5.32 Å². The first kappa shape index (κ1) is 15.2. The second-order valence-electron chi connectivity index (χ2n) is 5.87. The number of fused-ring (bicyclic) bond motifs is 1. The Kier molecular flexibility index (Phi) is 4.04. The van der Waals surface area contributed by atoms with Crippen LogP contribution in [-0.4, -0.2) is 15.0 Å². The molecule has 4 aromatic rings. The molecule has 5 nitrogen and oxygen atoms in total. The van der Waals surface area contributed by atoms with Gasteiger partial charge in [0.05, 0.1) is 23.6 Å². The first-order valence-electron chi connectivity index (χ1n) is 8.11. The highest BCUT2D eigenvalue weighted by Gasteiger charge is 2.05. The second kappa shape index (κ2) is 6.65. The Balaban J connectivity index is 1.47. The fourth-order valence-electron chi connectivity index (χ4n) is 2.65. The third-order valence-electron chi connectivity index (χ3n) is 4.01. The average Bonchev–Trinajstić information content (AvgIpc) is 3.11. The molecule has 0 radical (unpaired) electrons. The first-order chi connectivity index (χ1) is 12.3. The fraction of sp³-hybridized carbons (Fsp3) is 0.100. The zero-order valence-electron chi connectivity index (χ0n) is 13.9. The standard InChI is InChI=1S/C20H18N4O/c1-14-9-16(25-12-15-5-3-2-4-6-15)7-8-17(14)24-20-10-18-19(11-21-20)23-13-22-18/h2-11,13H,12H2,1H3,(H,21,24)(H,22,23). The van der Waals surface area contributed by atoms with Crippen LogP contribution in [0.1, 0.15) is 11.1 Å². The number of nitrogens with zero attached hydrogens (tertiary/aromatic N) is 2. The van der Waals surface area contributed by atoms with Gasteiger partial charge in [0.25, 0.3) is 0 Å². The largest absolute Gasteiger partial charge is 0.489 e. The number of ether oxygens (including phenoxy) is 1. The summed E-state index contributed by atoms with van der Waals surface area (Å²) in [7, 11) is 0. The summed E-state index contributed by atoms with van der Waals surface area (Å²) in [5, 5.41) is 3.33. The first-order valence-corrected chi connectivity index (χ1v) is 8.11. The van der Waals surface area contributed by atoms with Crippen molar-refractivity contribution in [1.82, 2.24) is 15.0 Å². The maximum absolute atomic E-state index is 5.87. The lowest BCUT2D eigenvalue weighted by Crippen LogP contribution is -1.98. The summed E-state index contributed by atoms with van der Waals surface area (Å²) in [6.07, 6.45) is 3.44. The molecule has 25 heavy (non-hydrogen) atoms. The van der Waals surface area contributed by atoms with Crippen LogP contribution in [0.15, 0.2) is 67.1 Å². The van der Waals surface area contributed by atoms with Gasteiger partial charge in [-0.15, -0.1) is 0 Å². The molecule has 0 aliphatic heterocycles. The molecule has 0 saturated carbocycles. The Morgan fingerprint density at radius 1 is 1.04 bits per heavy atom. The quantitative estimate of drug-likeness (QED) is 0.562. The summed E-state index contributed by atoms with van der Waals surface area (Å²) in [5.74, 6) is 1.61. The number of anilines is 2. The van der Waals surface area contributed by atoms with Gasteiger partial charge in [-0.05, 0) is 36.2 Å². The van der Waals surface area contributed by atoms with E-state index in [1.165, 1.54) is 0 Å². The SMILES string of the molecule is Cc1cc(OCc2ccccc2)ccc1Nc1cc2nc[nH]c2cn1. The average molecular weight is 330 g/mol. The molecule has 0 aliphatic rings. The van der Waals surface area contributed by atoms with Crippen molar-refractivity contribution in [1.29, 1.82) is 0 Å². The minimum Gasteiger partial charge on any atom is -0.489 e. The number of hydrogen-bond donors (Lipinski definition) is 2. The molecule has 2 aromatic heterocycles. The molecule has 4 rings (SSSR count). The third-order valence-corrected chi connectivity index (χ3v) is 4.01. The predicted molar refractivity (Wildman–Crippen MR) is 99.1 cm³/mol. The van der Waals surface area contributed by atoms with Crippen LogP contribution in [-0.2, 0) is 6.61 Å². The Hall–Kier alpha value is -3.34. The van der Waals surface area contributed by atoms with Gasteiger partial charge in [0.2, 0.25) is 0 Å². The van der Waals surface area contributed by atoms with Gasteiger partial charge in [0, 0.05) is 11.8 Å². The number of H-pyrrole nitrogens is 1. The zero-order valence-corrected chi connectivity index (χ0v) is 13.9. The van der Waals surface area contributed by atoms with E-state index in [2.05, 4.69) is 32.4 Å². The smallest absolute Gasteiger partial charge is 0.132 e. The molecule has 0 atom stereocenters. The summed E-state index contributed by atoms with van der Waals surface area (Å²) < 4.78 is 5.87.